The van der Waals surface area contributed by atoms with E-state index in [0.29, 0.717) is 0 Å². The maximum absolute atomic E-state index is 9.00. The van der Waals surface area contributed by atoms with E-state index in [1.807, 2.05) is 0 Å². The van der Waals surface area contributed by atoms with Gasteiger partial charge in [0.25, 0.3) is 5.97 Å². The third kappa shape index (κ3) is 2640000. The number of rotatable bonds is 0. The molecule has 0 radical (unpaired) electrons. The molecule has 0 amide bonds. The number of carboxylic acid groups (broad SMARTS) is 1. The predicted molar refractivity (Wildman–Crippen MR) is 13.3 cm³/mol. The van der Waals surface area contributed by atoms with Crippen molar-refractivity contribution < 1.29 is 27.3 Å². The zero-order valence-corrected chi connectivity index (χ0v) is 4.04. The molecule has 0 aromatic heterocycles. The van der Waals surface area contributed by atoms with Crippen molar-refractivity contribution in [3.8, 4) is 0 Å². The molecule has 0 saturated carbocycles. The quantitative estimate of drug-likeness (QED) is 0.482. The van der Waals surface area contributed by atoms with E-state index in [0.717, 1.165) is 6.92 Å². The minimum absolute atomic E-state index is 0. The van der Waals surface area contributed by atoms with Crippen molar-refractivity contribution in [2.45, 2.75) is 6.92 Å². The van der Waals surface area contributed by atoms with Crippen LogP contribution >= 0.6 is 0 Å². The Bertz CT molecular complexity index is 30.6. The first-order valence-corrected chi connectivity index (χ1v) is 0.928. The summed E-state index contributed by atoms with van der Waals surface area (Å²) < 4.78 is 0. The predicted octanol–water partition coefficient (Wildman–Crippen LogP) is 0.0884. The normalized spacial score (nSPS) is 5.00. The molecule has 0 spiro atoms. The van der Waals surface area contributed by atoms with Crippen LogP contribution < -0.4 is 0 Å². The minimum atomic E-state index is -0.833. The molecule has 0 fully saturated rings. The summed E-state index contributed by atoms with van der Waals surface area (Å²) in [6.45, 7) is 1.08. The van der Waals surface area contributed by atoms with Crippen molar-refractivity contribution in [3.63, 3.8) is 0 Å². The van der Waals surface area contributed by atoms with Crippen molar-refractivity contribution in [2.75, 3.05) is 0 Å². The second-order valence-corrected chi connectivity index (χ2v) is 0.519. The van der Waals surface area contributed by atoms with Crippen molar-refractivity contribution >= 4 is 5.97 Å². The van der Waals surface area contributed by atoms with E-state index in [-0.39, 0.29) is 17.4 Å². The number of carboxylic acids is 1. The second kappa shape index (κ2) is 4.00. The molecular weight excluding hydrogens is 108 g/mol. The smallest absolute Gasteiger partial charge is 0.300 e. The molecule has 0 aliphatic heterocycles. The second-order valence-electron chi connectivity index (χ2n) is 0.519. The van der Waals surface area contributed by atoms with Gasteiger partial charge in [-0.1, -0.05) is 0 Å². The average molecular weight is 112 g/mol. The van der Waals surface area contributed by atoms with Gasteiger partial charge in [-0.2, -0.15) is 0 Å². The van der Waals surface area contributed by atoms with Gasteiger partial charge >= 0.3 is 0 Å². The summed E-state index contributed by atoms with van der Waals surface area (Å²) in [6, 6.07) is 0. The van der Waals surface area contributed by atoms with E-state index in [4.69, 9.17) is 9.90 Å². The van der Waals surface area contributed by atoms with Crippen LogP contribution in [0.1, 0.15) is 6.92 Å². The first-order valence-electron chi connectivity index (χ1n) is 0.928. The topological polar surface area (TPSA) is 37.3 Å². The molecule has 0 unspecified atom stereocenters. The Balaban J connectivity index is 0. The summed E-state index contributed by atoms with van der Waals surface area (Å²) in [7, 11) is 0. The summed E-state index contributed by atoms with van der Waals surface area (Å²) in [4.78, 5) is 9.00. The van der Waals surface area contributed by atoms with Gasteiger partial charge in [0.05, 0.1) is 0 Å². The van der Waals surface area contributed by atoms with Crippen LogP contribution in [-0.4, -0.2) is 11.1 Å². The summed E-state index contributed by atoms with van der Waals surface area (Å²) in [5.74, 6) is -0.833. The molecule has 3 heteroatoms. The fourth-order valence-electron chi connectivity index (χ4n) is 0. The number of hydrogen-bond acceptors (Lipinski definition) is 1. The molecule has 0 rings (SSSR count). The largest absolute Gasteiger partial charge is 0.481 e. The third-order valence-corrected chi connectivity index (χ3v) is 0. The fourth-order valence-corrected chi connectivity index (χ4v) is 0. The zero-order valence-electron chi connectivity index (χ0n) is 2.76. The molecule has 0 atom stereocenters. The van der Waals surface area contributed by atoms with Crippen LogP contribution in [0.2, 0.25) is 0 Å². The van der Waals surface area contributed by atoms with Crippen LogP contribution in [-0.2, 0) is 22.2 Å². The first kappa shape index (κ1) is 8.89. The standard InChI is InChI=1S/C2H4O2.Cr/c1-2(3)4;/h1H3,(H,3,4);. The van der Waals surface area contributed by atoms with Crippen molar-refractivity contribution in [1.82, 2.24) is 0 Å². The third-order valence-electron chi connectivity index (χ3n) is 0. The SMILES string of the molecule is CC(=O)O.[Cr]. The summed E-state index contributed by atoms with van der Waals surface area (Å²) >= 11 is 0. The molecule has 0 aliphatic rings. The maximum atomic E-state index is 9.00. The Morgan fingerprint density at radius 2 is 1.80 bits per heavy atom. The van der Waals surface area contributed by atoms with Crippen molar-refractivity contribution in [3.05, 3.63) is 0 Å². The van der Waals surface area contributed by atoms with E-state index in [1.165, 1.54) is 0 Å². The Kier molecular flexibility index (Phi) is 7.12. The number of hydrogen-bond donors (Lipinski definition) is 1. The fraction of sp³-hybridized carbons (Fsp3) is 0.500. The van der Waals surface area contributed by atoms with E-state index in [1.54, 1.807) is 0 Å². The van der Waals surface area contributed by atoms with Crippen molar-refractivity contribution in [2.24, 2.45) is 0 Å². The minimum Gasteiger partial charge on any atom is -0.481 e. The van der Waals surface area contributed by atoms with Crippen LogP contribution in [0.5, 0.6) is 0 Å². The number of aliphatic carboxylic acids is 1. The molecule has 0 heterocycles. The van der Waals surface area contributed by atoms with E-state index >= 15 is 0 Å². The van der Waals surface area contributed by atoms with Gasteiger partial charge in [-0.25, -0.2) is 0 Å². The molecule has 0 aromatic rings. The Morgan fingerprint density at radius 3 is 1.80 bits per heavy atom. The zero-order chi connectivity index (χ0) is 3.58. The summed E-state index contributed by atoms with van der Waals surface area (Å²) in [5.41, 5.74) is 0. The maximum Gasteiger partial charge on any atom is 0.300 e. The van der Waals surface area contributed by atoms with E-state index < -0.39 is 5.97 Å². The monoisotopic (exact) mass is 112 g/mol. The number of carbonyl (C=O) groups is 1. The van der Waals surface area contributed by atoms with Crippen LogP contribution in [0.25, 0.3) is 0 Å². The Hall–Kier alpha value is 0.00247. The van der Waals surface area contributed by atoms with Gasteiger partial charge in [0.2, 0.25) is 0 Å². The van der Waals surface area contributed by atoms with Gasteiger partial charge in [-0.3, -0.25) is 4.79 Å². The van der Waals surface area contributed by atoms with Crippen LogP contribution in [0.4, 0.5) is 0 Å². The summed E-state index contributed by atoms with van der Waals surface area (Å²) in [6.07, 6.45) is 0. The first-order chi connectivity index (χ1) is 1.73. The van der Waals surface area contributed by atoms with Crippen LogP contribution in [0, 0.1) is 0 Å². The molecule has 1 N–H and O–H groups in total. The molecule has 0 bridgehead atoms. The summed E-state index contributed by atoms with van der Waals surface area (Å²) in [5, 5.41) is 7.42. The van der Waals surface area contributed by atoms with Gasteiger partial charge in [-0.05, 0) is 0 Å². The average Bonchev–Trinajstić information content (AvgIpc) is 0.811. The van der Waals surface area contributed by atoms with Gasteiger partial charge in [0.1, 0.15) is 0 Å². The van der Waals surface area contributed by atoms with Gasteiger partial charge in [-0.15, -0.1) is 0 Å². The molecule has 30 valence electrons. The van der Waals surface area contributed by atoms with E-state index in [9.17, 15) is 0 Å². The van der Waals surface area contributed by atoms with E-state index in [2.05, 4.69) is 0 Å². The van der Waals surface area contributed by atoms with Crippen LogP contribution in [0.3, 0.4) is 0 Å². The molecule has 0 aromatic carbocycles. The van der Waals surface area contributed by atoms with Gasteiger partial charge in [0.15, 0.2) is 0 Å². The van der Waals surface area contributed by atoms with Gasteiger partial charge in [0, 0.05) is 24.3 Å². The molecule has 0 aliphatic carbocycles. The molecular formula is C2H4CrO2. The van der Waals surface area contributed by atoms with Crippen molar-refractivity contribution in [1.29, 1.82) is 0 Å². The molecule has 5 heavy (non-hydrogen) atoms. The van der Waals surface area contributed by atoms with Gasteiger partial charge < -0.3 is 5.11 Å². The van der Waals surface area contributed by atoms with Crippen LogP contribution in [0.15, 0.2) is 0 Å². The molecule has 2 nitrogen and oxygen atoms in total. The molecule has 0 saturated heterocycles. The Labute approximate surface area is 40.9 Å². The Morgan fingerprint density at radius 1 is 1.80 bits per heavy atom.